The molecule has 1 saturated heterocycles. The summed E-state index contributed by atoms with van der Waals surface area (Å²) in [5.41, 5.74) is 2.65. The summed E-state index contributed by atoms with van der Waals surface area (Å²) in [6, 6.07) is 18.5. The average Bonchev–Trinajstić information content (AvgIpc) is 3.50. The summed E-state index contributed by atoms with van der Waals surface area (Å²) < 4.78 is 7.26. The van der Waals surface area contributed by atoms with Crippen molar-refractivity contribution in [2.45, 2.75) is 44.2 Å². The molecule has 3 nitrogen and oxygen atoms in total. The van der Waals surface area contributed by atoms with Crippen molar-refractivity contribution in [2.24, 2.45) is 5.92 Å². The van der Waals surface area contributed by atoms with Gasteiger partial charge in [-0.05, 0) is 48.9 Å². The zero-order valence-electron chi connectivity index (χ0n) is 16.2. The minimum atomic E-state index is -0.617. The molecule has 2 aromatic carbocycles. The van der Waals surface area contributed by atoms with E-state index in [1.165, 1.54) is 18.4 Å². The van der Waals surface area contributed by atoms with Crippen LogP contribution in [0.2, 0.25) is 0 Å². The standard InChI is InChI=1S/C24H26BrNO2/c1-17(2)16-24(20-6-4-3-5-7-20)14-15-26(23(27)28-24)22(18-8-9-18)19-10-12-21(25)13-11-19/h3-7,10-13,18,22H,1,8-9,14-16H2,2H3/t22-,24-/m0/s1. The molecule has 0 radical (unpaired) electrons. The van der Waals surface area contributed by atoms with Gasteiger partial charge in [-0.25, -0.2) is 4.79 Å². The number of cyclic esters (lactones) is 1. The highest BCUT2D eigenvalue weighted by Crippen LogP contribution is 2.48. The number of hydrogen-bond donors (Lipinski definition) is 0. The molecular weight excluding hydrogens is 414 g/mol. The Labute approximate surface area is 175 Å². The van der Waals surface area contributed by atoms with Crippen LogP contribution in [-0.4, -0.2) is 17.5 Å². The fourth-order valence-corrected chi connectivity index (χ4v) is 4.62. The number of amides is 1. The molecule has 2 atom stereocenters. The van der Waals surface area contributed by atoms with Crippen LogP contribution in [0.15, 0.2) is 71.2 Å². The quantitative estimate of drug-likeness (QED) is 0.474. The molecule has 0 aromatic heterocycles. The fourth-order valence-electron chi connectivity index (χ4n) is 4.36. The van der Waals surface area contributed by atoms with Gasteiger partial charge in [0, 0.05) is 23.9 Å². The Balaban J connectivity index is 1.62. The zero-order valence-corrected chi connectivity index (χ0v) is 17.8. The van der Waals surface area contributed by atoms with Gasteiger partial charge in [0.05, 0.1) is 6.04 Å². The van der Waals surface area contributed by atoms with Crippen molar-refractivity contribution < 1.29 is 9.53 Å². The second-order valence-electron chi connectivity index (χ2n) is 8.14. The van der Waals surface area contributed by atoms with Crippen molar-refractivity contribution in [3.05, 3.63) is 82.3 Å². The van der Waals surface area contributed by atoms with Gasteiger partial charge in [-0.3, -0.25) is 0 Å². The molecule has 2 aromatic rings. The van der Waals surface area contributed by atoms with Gasteiger partial charge in [0.1, 0.15) is 5.60 Å². The normalized spacial score (nSPS) is 23.2. The lowest BCUT2D eigenvalue weighted by molar-refractivity contribution is -0.0637. The predicted octanol–water partition coefficient (Wildman–Crippen LogP) is 6.60. The molecule has 1 aliphatic carbocycles. The lowest BCUT2D eigenvalue weighted by atomic mass is 9.83. The molecular formula is C24H26BrNO2. The minimum Gasteiger partial charge on any atom is -0.437 e. The van der Waals surface area contributed by atoms with E-state index < -0.39 is 5.60 Å². The van der Waals surface area contributed by atoms with E-state index in [0.717, 1.165) is 22.0 Å². The molecule has 1 heterocycles. The van der Waals surface area contributed by atoms with Crippen LogP contribution in [0.4, 0.5) is 4.79 Å². The van der Waals surface area contributed by atoms with Crippen LogP contribution < -0.4 is 0 Å². The maximum atomic E-state index is 13.2. The van der Waals surface area contributed by atoms with E-state index in [1.54, 1.807) is 0 Å². The number of carbonyl (C=O) groups is 1. The van der Waals surface area contributed by atoms with E-state index in [-0.39, 0.29) is 12.1 Å². The van der Waals surface area contributed by atoms with Crippen molar-refractivity contribution in [2.75, 3.05) is 6.54 Å². The van der Waals surface area contributed by atoms with Crippen molar-refractivity contribution in [3.63, 3.8) is 0 Å². The molecule has 2 fully saturated rings. The first kappa shape index (κ1) is 19.3. The van der Waals surface area contributed by atoms with Crippen LogP contribution >= 0.6 is 15.9 Å². The Morgan fingerprint density at radius 3 is 2.46 bits per heavy atom. The molecule has 0 bridgehead atoms. The van der Waals surface area contributed by atoms with Crippen molar-refractivity contribution >= 4 is 22.0 Å². The number of rotatable bonds is 6. The SMILES string of the molecule is C=C(C)C[C@]1(c2ccccc2)CCN([C@H](c2ccc(Br)cc2)C2CC2)C(=O)O1. The first-order valence-electron chi connectivity index (χ1n) is 9.93. The Morgan fingerprint density at radius 2 is 1.89 bits per heavy atom. The number of ether oxygens (including phenoxy) is 1. The summed E-state index contributed by atoms with van der Waals surface area (Å²) in [5.74, 6) is 0.527. The van der Waals surface area contributed by atoms with Crippen LogP contribution in [0.3, 0.4) is 0 Å². The van der Waals surface area contributed by atoms with Crippen LogP contribution in [0, 0.1) is 5.92 Å². The third-order valence-electron chi connectivity index (χ3n) is 5.78. The lowest BCUT2D eigenvalue weighted by Crippen LogP contribution is -2.49. The summed E-state index contributed by atoms with van der Waals surface area (Å²) in [7, 11) is 0. The van der Waals surface area contributed by atoms with Gasteiger partial charge in [-0.2, -0.15) is 0 Å². The number of hydrogen-bond acceptors (Lipinski definition) is 2. The van der Waals surface area contributed by atoms with E-state index >= 15 is 0 Å². The Bertz CT molecular complexity index is 860. The smallest absolute Gasteiger partial charge is 0.411 e. The minimum absolute atomic E-state index is 0.0965. The molecule has 28 heavy (non-hydrogen) atoms. The van der Waals surface area contributed by atoms with Gasteiger partial charge in [0.2, 0.25) is 0 Å². The fraction of sp³-hybridized carbons (Fsp3) is 0.375. The van der Waals surface area contributed by atoms with Gasteiger partial charge in [0.15, 0.2) is 0 Å². The van der Waals surface area contributed by atoms with Crippen LogP contribution in [0.5, 0.6) is 0 Å². The monoisotopic (exact) mass is 439 g/mol. The second kappa shape index (κ2) is 7.75. The number of halogens is 1. The van der Waals surface area contributed by atoms with E-state index in [4.69, 9.17) is 4.74 Å². The largest absolute Gasteiger partial charge is 0.437 e. The molecule has 0 spiro atoms. The third kappa shape index (κ3) is 3.88. The van der Waals surface area contributed by atoms with Crippen molar-refractivity contribution in [1.29, 1.82) is 0 Å². The molecule has 2 aliphatic rings. The summed E-state index contributed by atoms with van der Waals surface area (Å²) in [6.45, 7) is 6.78. The number of benzene rings is 2. The highest BCUT2D eigenvalue weighted by atomic mass is 79.9. The van der Waals surface area contributed by atoms with Gasteiger partial charge in [-0.1, -0.05) is 70.5 Å². The van der Waals surface area contributed by atoms with E-state index in [9.17, 15) is 4.79 Å². The maximum absolute atomic E-state index is 13.2. The highest BCUT2D eigenvalue weighted by molar-refractivity contribution is 9.10. The van der Waals surface area contributed by atoms with E-state index in [1.807, 2.05) is 30.0 Å². The van der Waals surface area contributed by atoms with Crippen LogP contribution in [0.25, 0.3) is 0 Å². The molecule has 4 rings (SSSR count). The summed E-state index contributed by atoms with van der Waals surface area (Å²) in [5, 5.41) is 0. The summed E-state index contributed by atoms with van der Waals surface area (Å²) >= 11 is 3.51. The number of carbonyl (C=O) groups excluding carboxylic acids is 1. The molecule has 146 valence electrons. The van der Waals surface area contributed by atoms with Gasteiger partial charge < -0.3 is 9.64 Å². The molecule has 4 heteroatoms. The lowest BCUT2D eigenvalue weighted by Gasteiger charge is -2.44. The number of nitrogens with zero attached hydrogens (tertiary/aromatic N) is 1. The Hall–Kier alpha value is -2.07. The molecule has 0 N–H and O–H groups in total. The first-order chi connectivity index (χ1) is 13.5. The van der Waals surface area contributed by atoms with Crippen LogP contribution in [-0.2, 0) is 10.3 Å². The Kier molecular flexibility index (Phi) is 5.33. The first-order valence-corrected chi connectivity index (χ1v) is 10.7. The van der Waals surface area contributed by atoms with E-state index in [2.05, 4.69) is 58.9 Å². The van der Waals surface area contributed by atoms with Gasteiger partial charge in [0.25, 0.3) is 0 Å². The van der Waals surface area contributed by atoms with E-state index in [0.29, 0.717) is 18.9 Å². The molecule has 1 saturated carbocycles. The van der Waals surface area contributed by atoms with Crippen molar-refractivity contribution in [1.82, 2.24) is 4.90 Å². The van der Waals surface area contributed by atoms with Gasteiger partial charge in [-0.15, -0.1) is 0 Å². The average molecular weight is 440 g/mol. The zero-order chi connectivity index (χ0) is 19.7. The highest BCUT2D eigenvalue weighted by Gasteiger charge is 2.47. The van der Waals surface area contributed by atoms with Gasteiger partial charge >= 0.3 is 6.09 Å². The summed E-state index contributed by atoms with van der Waals surface area (Å²) in [6.07, 6.45) is 3.55. The maximum Gasteiger partial charge on any atom is 0.411 e. The topological polar surface area (TPSA) is 29.5 Å². The summed E-state index contributed by atoms with van der Waals surface area (Å²) in [4.78, 5) is 15.2. The third-order valence-corrected chi connectivity index (χ3v) is 6.31. The Morgan fingerprint density at radius 1 is 1.21 bits per heavy atom. The van der Waals surface area contributed by atoms with Crippen LogP contribution in [0.1, 0.15) is 49.8 Å². The van der Waals surface area contributed by atoms with Crippen molar-refractivity contribution in [3.8, 4) is 0 Å². The molecule has 0 unspecified atom stereocenters. The second-order valence-corrected chi connectivity index (χ2v) is 9.06. The molecule has 1 aliphatic heterocycles. The molecule has 1 amide bonds. The predicted molar refractivity (Wildman–Crippen MR) is 115 cm³/mol.